The first kappa shape index (κ1) is 19.3. The van der Waals surface area contributed by atoms with Crippen LogP contribution in [0.2, 0.25) is 10.0 Å². The van der Waals surface area contributed by atoms with E-state index >= 15 is 0 Å². The first-order valence-electron chi connectivity index (χ1n) is 8.93. The van der Waals surface area contributed by atoms with Crippen molar-refractivity contribution in [3.63, 3.8) is 0 Å². The predicted molar refractivity (Wildman–Crippen MR) is 116 cm³/mol. The summed E-state index contributed by atoms with van der Waals surface area (Å²) in [6.45, 7) is 2.66. The Labute approximate surface area is 177 Å². The van der Waals surface area contributed by atoms with Crippen LogP contribution in [-0.4, -0.2) is 16.7 Å². The molecule has 4 rings (SSSR count). The summed E-state index contributed by atoms with van der Waals surface area (Å²) in [6, 6.07) is 16.9. The number of furan rings is 1. The fourth-order valence-electron chi connectivity index (χ4n) is 3.26. The Kier molecular flexibility index (Phi) is 5.43. The highest BCUT2D eigenvalue weighted by atomic mass is 35.5. The number of carbonyl (C=O) groups excluding carboxylic acids is 1. The molecular formula is C22H17Cl2N3O2. The van der Waals surface area contributed by atoms with Crippen molar-refractivity contribution in [3.05, 3.63) is 93.5 Å². The topological polar surface area (TPSA) is 59.5 Å². The highest BCUT2D eigenvalue weighted by Crippen LogP contribution is 2.27. The van der Waals surface area contributed by atoms with Gasteiger partial charge in [0.1, 0.15) is 0 Å². The van der Waals surface area contributed by atoms with E-state index in [1.807, 2.05) is 37.3 Å². The van der Waals surface area contributed by atoms with Gasteiger partial charge in [0.2, 0.25) is 0 Å². The maximum absolute atomic E-state index is 12.0. The number of carbonyl (C=O) groups is 1. The summed E-state index contributed by atoms with van der Waals surface area (Å²) in [5.41, 5.74) is 6.55. The van der Waals surface area contributed by atoms with Crippen molar-refractivity contribution >= 4 is 46.2 Å². The van der Waals surface area contributed by atoms with E-state index in [0.717, 1.165) is 27.7 Å². The number of nitrogens with zero attached hydrogens (tertiary/aromatic N) is 2. The smallest absolute Gasteiger partial charge is 0.307 e. The second-order valence-electron chi connectivity index (χ2n) is 6.53. The van der Waals surface area contributed by atoms with E-state index in [0.29, 0.717) is 16.6 Å². The third kappa shape index (κ3) is 3.92. The quantitative estimate of drug-likeness (QED) is 0.331. The van der Waals surface area contributed by atoms with Crippen LogP contribution in [0.4, 0.5) is 0 Å². The van der Waals surface area contributed by atoms with Crippen LogP contribution in [0.25, 0.3) is 10.9 Å². The molecule has 0 radical (unpaired) electrons. The van der Waals surface area contributed by atoms with Crippen LogP contribution < -0.4 is 5.43 Å². The van der Waals surface area contributed by atoms with Gasteiger partial charge in [-0.15, -0.1) is 0 Å². The van der Waals surface area contributed by atoms with Gasteiger partial charge in [-0.25, -0.2) is 5.43 Å². The van der Waals surface area contributed by atoms with Gasteiger partial charge in [-0.05, 0) is 42.8 Å². The number of amides is 1. The van der Waals surface area contributed by atoms with Gasteiger partial charge < -0.3 is 8.98 Å². The molecule has 1 amide bonds. The van der Waals surface area contributed by atoms with Gasteiger partial charge >= 0.3 is 5.91 Å². The van der Waals surface area contributed by atoms with Gasteiger partial charge in [-0.2, -0.15) is 5.10 Å². The molecule has 0 spiro atoms. The summed E-state index contributed by atoms with van der Waals surface area (Å²) < 4.78 is 7.26. The molecule has 2 heterocycles. The molecular weight excluding hydrogens is 409 g/mol. The zero-order chi connectivity index (χ0) is 20.4. The predicted octanol–water partition coefficient (Wildman–Crippen LogP) is 5.66. The van der Waals surface area contributed by atoms with Crippen LogP contribution in [0.1, 0.15) is 27.4 Å². The lowest BCUT2D eigenvalue weighted by molar-refractivity contribution is 0.0927. The monoisotopic (exact) mass is 425 g/mol. The maximum atomic E-state index is 12.0. The summed E-state index contributed by atoms with van der Waals surface area (Å²) in [5.74, 6) is -0.190. The molecule has 1 N–H and O–H groups in total. The number of fused-ring (bicyclic) bond motifs is 1. The minimum absolute atomic E-state index is 0.209. The second kappa shape index (κ2) is 8.15. The third-order valence-electron chi connectivity index (χ3n) is 4.71. The van der Waals surface area contributed by atoms with E-state index < -0.39 is 5.91 Å². The molecule has 0 unspecified atom stereocenters. The van der Waals surface area contributed by atoms with Crippen molar-refractivity contribution in [2.75, 3.05) is 0 Å². The fraction of sp³-hybridized carbons (Fsp3) is 0.0909. The molecule has 146 valence electrons. The summed E-state index contributed by atoms with van der Waals surface area (Å²) in [5, 5.41) is 6.22. The molecule has 2 aromatic carbocycles. The molecule has 7 heteroatoms. The Morgan fingerprint density at radius 3 is 2.72 bits per heavy atom. The number of halogens is 2. The van der Waals surface area contributed by atoms with Gasteiger partial charge in [-0.3, -0.25) is 4.79 Å². The number of hydrazone groups is 1. The Hall–Kier alpha value is -3.02. The Morgan fingerprint density at radius 1 is 1.14 bits per heavy atom. The number of hydrogen-bond acceptors (Lipinski definition) is 3. The summed E-state index contributed by atoms with van der Waals surface area (Å²) in [7, 11) is 0. The molecule has 0 saturated heterocycles. The number of rotatable bonds is 5. The van der Waals surface area contributed by atoms with Crippen molar-refractivity contribution in [2.45, 2.75) is 13.5 Å². The van der Waals surface area contributed by atoms with Gasteiger partial charge in [0, 0.05) is 28.7 Å². The highest BCUT2D eigenvalue weighted by molar-refractivity contribution is 6.42. The summed E-state index contributed by atoms with van der Waals surface area (Å²) >= 11 is 12.2. The minimum atomic E-state index is -0.400. The first-order valence-corrected chi connectivity index (χ1v) is 9.69. The summed E-state index contributed by atoms with van der Waals surface area (Å²) in [6.07, 6.45) is 3.10. The molecule has 0 bridgehead atoms. The molecule has 0 aliphatic rings. The Bertz CT molecular complexity index is 1210. The number of benzene rings is 2. The van der Waals surface area contributed by atoms with E-state index in [2.05, 4.69) is 21.2 Å². The van der Waals surface area contributed by atoms with Crippen LogP contribution >= 0.6 is 23.2 Å². The molecule has 29 heavy (non-hydrogen) atoms. The van der Waals surface area contributed by atoms with Crippen LogP contribution in [0.15, 0.2) is 70.4 Å². The molecule has 4 aromatic rings. The largest absolute Gasteiger partial charge is 0.459 e. The minimum Gasteiger partial charge on any atom is -0.459 e. The van der Waals surface area contributed by atoms with E-state index in [-0.39, 0.29) is 5.76 Å². The fourth-order valence-corrected chi connectivity index (χ4v) is 3.58. The highest BCUT2D eigenvalue weighted by Gasteiger charge is 2.14. The van der Waals surface area contributed by atoms with E-state index in [4.69, 9.17) is 27.6 Å². The van der Waals surface area contributed by atoms with Crippen LogP contribution in [0.3, 0.4) is 0 Å². The molecule has 0 aliphatic carbocycles. The summed E-state index contributed by atoms with van der Waals surface area (Å²) in [4.78, 5) is 12.0. The molecule has 0 fully saturated rings. The molecule has 0 atom stereocenters. The lowest BCUT2D eigenvalue weighted by atomic mass is 10.1. The number of aromatic nitrogens is 1. The molecule has 5 nitrogen and oxygen atoms in total. The lowest BCUT2D eigenvalue weighted by Crippen LogP contribution is -2.16. The van der Waals surface area contributed by atoms with Gasteiger partial charge in [0.15, 0.2) is 5.76 Å². The normalized spacial score (nSPS) is 11.4. The Balaban J connectivity index is 1.66. The standard InChI is InChI=1S/C22H17Cl2N3O2/c1-14-17(12-25-26-22(28)21-7-4-10-29-21)16-5-2-3-6-20(16)27(14)13-15-8-9-18(23)19(24)11-15/h2-12H,13H2,1H3,(H,26,28)/b25-12-. The average molecular weight is 426 g/mol. The van der Waals surface area contributed by atoms with Gasteiger partial charge in [-0.1, -0.05) is 47.5 Å². The second-order valence-corrected chi connectivity index (χ2v) is 7.34. The molecule has 2 aromatic heterocycles. The van der Waals surface area contributed by atoms with Crippen molar-refractivity contribution in [2.24, 2.45) is 5.10 Å². The third-order valence-corrected chi connectivity index (χ3v) is 5.45. The zero-order valence-corrected chi connectivity index (χ0v) is 17.0. The van der Waals surface area contributed by atoms with Crippen LogP contribution in [0, 0.1) is 6.92 Å². The number of para-hydroxylation sites is 1. The van der Waals surface area contributed by atoms with Gasteiger partial charge in [0.05, 0.1) is 22.5 Å². The van der Waals surface area contributed by atoms with Crippen LogP contribution in [0.5, 0.6) is 0 Å². The van der Waals surface area contributed by atoms with E-state index in [9.17, 15) is 4.79 Å². The van der Waals surface area contributed by atoms with Crippen molar-refractivity contribution in [3.8, 4) is 0 Å². The Morgan fingerprint density at radius 2 is 1.97 bits per heavy atom. The van der Waals surface area contributed by atoms with Crippen molar-refractivity contribution < 1.29 is 9.21 Å². The lowest BCUT2D eigenvalue weighted by Gasteiger charge is -2.09. The number of nitrogens with one attached hydrogen (secondary N) is 1. The molecule has 0 saturated carbocycles. The van der Waals surface area contributed by atoms with Crippen molar-refractivity contribution in [1.29, 1.82) is 0 Å². The SMILES string of the molecule is Cc1c(/C=N\NC(=O)c2ccco2)c2ccccc2n1Cc1ccc(Cl)c(Cl)c1. The van der Waals surface area contributed by atoms with Crippen molar-refractivity contribution in [1.82, 2.24) is 9.99 Å². The van der Waals surface area contributed by atoms with E-state index in [1.165, 1.54) is 6.26 Å². The number of hydrogen-bond donors (Lipinski definition) is 1. The molecule has 0 aliphatic heterocycles. The van der Waals surface area contributed by atoms with Crippen LogP contribution in [-0.2, 0) is 6.54 Å². The maximum Gasteiger partial charge on any atom is 0.307 e. The van der Waals surface area contributed by atoms with E-state index in [1.54, 1.807) is 24.4 Å². The average Bonchev–Trinajstić information content (AvgIpc) is 3.34. The zero-order valence-electron chi connectivity index (χ0n) is 15.5. The van der Waals surface area contributed by atoms with Gasteiger partial charge in [0.25, 0.3) is 0 Å². The first-order chi connectivity index (χ1) is 14.0.